The highest BCUT2D eigenvalue weighted by Crippen LogP contribution is 2.37. The Labute approximate surface area is 218 Å². The summed E-state index contributed by atoms with van der Waals surface area (Å²) in [5, 5.41) is 8.06. The van der Waals surface area contributed by atoms with Crippen LogP contribution in [0.5, 0.6) is 0 Å². The number of anilines is 1. The van der Waals surface area contributed by atoms with E-state index in [2.05, 4.69) is 15.6 Å². The summed E-state index contributed by atoms with van der Waals surface area (Å²) in [5.74, 6) is 0.0196. The Balaban J connectivity index is 1.33. The Kier molecular flexibility index (Phi) is 6.22. The molecule has 0 spiro atoms. The lowest BCUT2D eigenvalue weighted by atomic mass is 10.1. The zero-order valence-corrected chi connectivity index (χ0v) is 21.3. The van der Waals surface area contributed by atoms with E-state index in [0.717, 1.165) is 15.6 Å². The molecule has 0 saturated carbocycles. The molecule has 0 radical (unpaired) electrons. The quantitative estimate of drug-likeness (QED) is 0.224. The monoisotopic (exact) mass is 545 g/mol. The van der Waals surface area contributed by atoms with Crippen LogP contribution in [0.15, 0.2) is 59.0 Å². The number of oxazole rings is 1. The maximum atomic E-state index is 12.8. The van der Waals surface area contributed by atoms with Crippen molar-refractivity contribution in [1.29, 1.82) is 0 Å². The molecule has 0 bridgehead atoms. The molecular formula is C24H14Cl3N3O2S2. The van der Waals surface area contributed by atoms with Crippen LogP contribution in [0, 0.1) is 6.92 Å². The van der Waals surface area contributed by atoms with Crippen LogP contribution in [-0.4, -0.2) is 16.0 Å². The summed E-state index contributed by atoms with van der Waals surface area (Å²) in [7, 11) is 0. The van der Waals surface area contributed by atoms with Crippen molar-refractivity contribution in [1.82, 2.24) is 10.3 Å². The Hall–Kier alpha value is -2.68. The molecule has 5 aromatic rings. The third-order valence-electron chi connectivity index (χ3n) is 5.03. The fraction of sp³-hybridized carbons (Fsp3) is 0.0417. The first kappa shape index (κ1) is 23.1. The van der Waals surface area contributed by atoms with Crippen molar-refractivity contribution in [3.05, 3.63) is 80.1 Å². The first-order valence-electron chi connectivity index (χ1n) is 9.95. The van der Waals surface area contributed by atoms with Gasteiger partial charge in [-0.2, -0.15) is 0 Å². The number of aryl methyl sites for hydroxylation is 1. The van der Waals surface area contributed by atoms with E-state index in [1.54, 1.807) is 36.4 Å². The number of nitrogens with one attached hydrogen (secondary N) is 2. The molecule has 5 rings (SSSR count). The van der Waals surface area contributed by atoms with Crippen LogP contribution < -0.4 is 10.6 Å². The van der Waals surface area contributed by atoms with Crippen LogP contribution in [0.2, 0.25) is 15.1 Å². The van der Waals surface area contributed by atoms with Gasteiger partial charge in [0, 0.05) is 20.8 Å². The number of hydrogen-bond donors (Lipinski definition) is 2. The van der Waals surface area contributed by atoms with Crippen LogP contribution in [0.25, 0.3) is 32.6 Å². The number of hydrogen-bond acceptors (Lipinski definition) is 5. The van der Waals surface area contributed by atoms with E-state index in [1.165, 1.54) is 11.3 Å². The Morgan fingerprint density at radius 2 is 1.88 bits per heavy atom. The lowest BCUT2D eigenvalue weighted by Gasteiger charge is -2.08. The smallest absolute Gasteiger partial charge is 0.269 e. The molecule has 0 saturated heterocycles. The summed E-state index contributed by atoms with van der Waals surface area (Å²) in [5.41, 5.74) is 3.62. The number of aromatic nitrogens is 1. The standard InChI is InChI=1S/C24H14Cl3N3O2S2/c1-11-2-5-14(16(26)8-11)23-29-17-10-13(4-7-18(17)32-23)28-24(33)30-22(31)21-20(27)15-6-3-12(25)9-19(15)34-21/h2-10H,1H3,(H2,28,30,31,33). The van der Waals surface area contributed by atoms with Crippen molar-refractivity contribution in [2.45, 2.75) is 6.92 Å². The van der Waals surface area contributed by atoms with Crippen LogP contribution in [0.1, 0.15) is 15.2 Å². The number of amides is 1. The molecule has 2 N–H and O–H groups in total. The van der Waals surface area contributed by atoms with Gasteiger partial charge in [0.15, 0.2) is 10.7 Å². The first-order valence-corrected chi connectivity index (χ1v) is 12.3. The van der Waals surface area contributed by atoms with E-state index in [-0.39, 0.29) is 5.11 Å². The lowest BCUT2D eigenvalue weighted by molar-refractivity contribution is 0.0982. The van der Waals surface area contributed by atoms with E-state index >= 15 is 0 Å². The fourth-order valence-corrected chi connectivity index (χ4v) is 5.64. The molecule has 170 valence electrons. The van der Waals surface area contributed by atoms with Gasteiger partial charge in [-0.15, -0.1) is 11.3 Å². The van der Waals surface area contributed by atoms with E-state index in [0.29, 0.717) is 48.2 Å². The summed E-state index contributed by atoms with van der Waals surface area (Å²) < 4.78 is 6.68. The molecule has 0 aliphatic heterocycles. The van der Waals surface area contributed by atoms with E-state index in [1.807, 2.05) is 25.1 Å². The van der Waals surface area contributed by atoms with Crippen molar-refractivity contribution in [2.75, 3.05) is 5.32 Å². The molecular weight excluding hydrogens is 533 g/mol. The summed E-state index contributed by atoms with van der Waals surface area (Å²) in [6.07, 6.45) is 0. The molecule has 0 aliphatic carbocycles. The van der Waals surface area contributed by atoms with Crippen LogP contribution in [0.3, 0.4) is 0 Å². The van der Waals surface area contributed by atoms with Gasteiger partial charge < -0.3 is 9.73 Å². The molecule has 2 aromatic heterocycles. The minimum Gasteiger partial charge on any atom is -0.436 e. The SMILES string of the molecule is Cc1ccc(-c2nc3cc(NC(=S)NC(=O)c4sc5cc(Cl)ccc5c4Cl)ccc3o2)c(Cl)c1. The maximum Gasteiger partial charge on any atom is 0.269 e. The van der Waals surface area contributed by atoms with Gasteiger partial charge in [-0.3, -0.25) is 10.1 Å². The molecule has 0 atom stereocenters. The van der Waals surface area contributed by atoms with Crippen molar-refractivity contribution in [2.24, 2.45) is 0 Å². The highest BCUT2D eigenvalue weighted by atomic mass is 35.5. The van der Waals surface area contributed by atoms with Gasteiger partial charge in [-0.25, -0.2) is 4.98 Å². The second-order valence-corrected chi connectivity index (χ2v) is 10.2. The Morgan fingerprint density at radius 3 is 2.68 bits per heavy atom. The number of benzene rings is 3. The van der Waals surface area contributed by atoms with Crippen molar-refractivity contribution < 1.29 is 9.21 Å². The average molecular weight is 547 g/mol. The normalized spacial score (nSPS) is 11.2. The van der Waals surface area contributed by atoms with Crippen molar-refractivity contribution in [3.8, 4) is 11.5 Å². The first-order chi connectivity index (χ1) is 16.3. The predicted molar refractivity (Wildman–Crippen MR) is 145 cm³/mol. The third kappa shape index (κ3) is 4.50. The van der Waals surface area contributed by atoms with Gasteiger partial charge in [0.1, 0.15) is 10.4 Å². The molecule has 10 heteroatoms. The van der Waals surface area contributed by atoms with Gasteiger partial charge in [-0.1, -0.05) is 46.9 Å². The third-order valence-corrected chi connectivity index (χ3v) is 7.43. The summed E-state index contributed by atoms with van der Waals surface area (Å²) >= 11 is 25.4. The number of thiophene rings is 1. The largest absolute Gasteiger partial charge is 0.436 e. The Bertz CT molecular complexity index is 1610. The fourth-order valence-electron chi connectivity index (χ4n) is 3.42. The van der Waals surface area contributed by atoms with Crippen molar-refractivity contribution in [3.63, 3.8) is 0 Å². The second-order valence-electron chi connectivity index (χ2n) is 7.48. The number of fused-ring (bicyclic) bond motifs is 2. The van der Waals surface area contributed by atoms with Gasteiger partial charge in [0.05, 0.1) is 15.6 Å². The van der Waals surface area contributed by atoms with Crippen LogP contribution in [-0.2, 0) is 0 Å². The summed E-state index contributed by atoms with van der Waals surface area (Å²) in [4.78, 5) is 17.7. The number of carbonyl (C=O) groups is 1. The molecule has 1 amide bonds. The zero-order valence-electron chi connectivity index (χ0n) is 17.4. The maximum absolute atomic E-state index is 12.8. The minimum absolute atomic E-state index is 0.126. The van der Waals surface area contributed by atoms with Crippen LogP contribution >= 0.6 is 58.4 Å². The minimum atomic E-state index is -0.404. The predicted octanol–water partition coefficient (Wildman–Crippen LogP) is 8.10. The topological polar surface area (TPSA) is 67.2 Å². The molecule has 3 aromatic carbocycles. The number of rotatable bonds is 3. The summed E-state index contributed by atoms with van der Waals surface area (Å²) in [6.45, 7) is 1.96. The molecule has 0 aliphatic rings. The van der Waals surface area contributed by atoms with Crippen LogP contribution in [0.4, 0.5) is 5.69 Å². The van der Waals surface area contributed by atoms with E-state index in [4.69, 9.17) is 51.4 Å². The highest BCUT2D eigenvalue weighted by molar-refractivity contribution is 7.80. The molecule has 0 fully saturated rings. The molecule has 5 nitrogen and oxygen atoms in total. The van der Waals surface area contributed by atoms with E-state index in [9.17, 15) is 4.79 Å². The number of halogens is 3. The number of carbonyl (C=O) groups excluding carboxylic acids is 1. The molecule has 2 heterocycles. The molecule has 0 unspecified atom stereocenters. The number of thiocarbonyl (C=S) groups is 1. The molecule has 34 heavy (non-hydrogen) atoms. The van der Waals surface area contributed by atoms with Gasteiger partial charge in [0.25, 0.3) is 5.91 Å². The number of nitrogens with zero attached hydrogens (tertiary/aromatic N) is 1. The highest BCUT2D eigenvalue weighted by Gasteiger charge is 2.19. The lowest BCUT2D eigenvalue weighted by Crippen LogP contribution is -2.33. The van der Waals surface area contributed by atoms with Crippen molar-refractivity contribution >= 4 is 96.3 Å². The zero-order chi connectivity index (χ0) is 24.0. The second kappa shape index (κ2) is 9.17. The van der Waals surface area contributed by atoms with E-state index < -0.39 is 5.91 Å². The Morgan fingerprint density at radius 1 is 1.06 bits per heavy atom. The van der Waals surface area contributed by atoms with Gasteiger partial charge >= 0.3 is 0 Å². The van der Waals surface area contributed by atoms with Gasteiger partial charge in [-0.05, 0) is 67.2 Å². The summed E-state index contributed by atoms with van der Waals surface area (Å²) in [6, 6.07) is 16.3. The average Bonchev–Trinajstić information content (AvgIpc) is 3.34. The van der Waals surface area contributed by atoms with Gasteiger partial charge in [0.2, 0.25) is 5.89 Å².